The number of hydrogen-bond donors (Lipinski definition) is 1. The van der Waals surface area contributed by atoms with Crippen LogP contribution >= 0.6 is 0 Å². The molecule has 2 fully saturated rings. The topological polar surface area (TPSA) is 172 Å². The number of ether oxygens (including phenoxy) is 2. The Bertz CT molecular complexity index is 796. The van der Waals surface area contributed by atoms with Gasteiger partial charge in [0, 0.05) is 6.54 Å². The van der Waals surface area contributed by atoms with E-state index in [1.54, 1.807) is 0 Å². The maximum absolute atomic E-state index is 12.4. The monoisotopic (exact) mass is 451 g/mol. The quantitative estimate of drug-likeness (QED) is 0.323. The minimum atomic E-state index is -4.86. The van der Waals surface area contributed by atoms with E-state index in [0.29, 0.717) is 5.06 Å². The van der Waals surface area contributed by atoms with Crippen molar-refractivity contribution in [3.63, 3.8) is 0 Å². The zero-order valence-corrected chi connectivity index (χ0v) is 17.7. The van der Waals surface area contributed by atoms with Crippen LogP contribution in [-0.2, 0) is 42.7 Å². The van der Waals surface area contributed by atoms with Gasteiger partial charge in [0.2, 0.25) is 5.91 Å². The Labute approximate surface area is 173 Å². The smallest absolute Gasteiger partial charge is 0.421 e. The number of fused-ring (bicyclic) bond motifs is 2. The lowest BCUT2D eigenvalue weighted by Crippen LogP contribution is -2.47. The first-order chi connectivity index (χ1) is 14.0. The molecular formula is C16H25N3O10S. The molecule has 170 valence electrons. The Balaban J connectivity index is 2.10. The molecule has 2 aliphatic heterocycles. The van der Waals surface area contributed by atoms with Crippen LogP contribution in [0.25, 0.3) is 0 Å². The van der Waals surface area contributed by atoms with Gasteiger partial charge in [-0.15, -0.1) is 4.28 Å². The van der Waals surface area contributed by atoms with Crippen LogP contribution in [0, 0.1) is 5.41 Å². The average Bonchev–Trinajstić information content (AvgIpc) is 2.90. The number of nitrogens with zero attached hydrogens (tertiary/aromatic N) is 2. The molecule has 13 nitrogen and oxygen atoms in total. The standard InChI is InChI=1S/C16H25N3O10S/c1-4-26-13(21)16(3,14(22)27-5-2)9-28-30(24,25)29-19-10-6-7-11(12(17)20)18(8-10)15(19)23/h10-11H,4-9H2,1-3H3,(H2,17,20)/t10-,11+/m1/s1. The molecule has 2 N–H and O–H groups in total. The molecule has 2 rings (SSSR count). The lowest BCUT2D eigenvalue weighted by molar-refractivity contribution is -0.173. The summed E-state index contributed by atoms with van der Waals surface area (Å²) in [4.78, 5) is 49.4. The summed E-state index contributed by atoms with van der Waals surface area (Å²) in [6.45, 7) is 3.11. The Hall–Kier alpha value is -2.45. The summed E-state index contributed by atoms with van der Waals surface area (Å²) in [7, 11) is -4.86. The molecule has 0 aliphatic carbocycles. The molecule has 0 radical (unpaired) electrons. The van der Waals surface area contributed by atoms with Crippen LogP contribution in [0.2, 0.25) is 0 Å². The molecule has 2 bridgehead atoms. The number of hydroxylamine groups is 2. The summed E-state index contributed by atoms with van der Waals surface area (Å²) < 4.78 is 43.7. The minimum Gasteiger partial charge on any atom is -0.465 e. The fraction of sp³-hybridized carbons (Fsp3) is 0.750. The van der Waals surface area contributed by atoms with E-state index < -0.39 is 58.4 Å². The SMILES string of the molecule is CCOC(=O)C(C)(COS(=O)(=O)ON1C(=O)N2C[C@H]1CC[C@H]2C(N)=O)C(=O)OCC. The van der Waals surface area contributed by atoms with Crippen molar-refractivity contribution in [2.24, 2.45) is 11.1 Å². The number of primary amides is 1. The fourth-order valence-corrected chi connectivity index (χ4v) is 3.92. The third-order valence-electron chi connectivity index (χ3n) is 4.77. The summed E-state index contributed by atoms with van der Waals surface area (Å²) in [6, 6.07) is -2.35. The number of esters is 2. The summed E-state index contributed by atoms with van der Waals surface area (Å²) in [5, 5.41) is 0.588. The third kappa shape index (κ3) is 4.82. The van der Waals surface area contributed by atoms with Crippen molar-refractivity contribution in [3.8, 4) is 0 Å². The molecule has 3 amide bonds. The average molecular weight is 451 g/mol. The summed E-state index contributed by atoms with van der Waals surface area (Å²) in [5.41, 5.74) is 3.19. The van der Waals surface area contributed by atoms with Gasteiger partial charge in [-0.1, -0.05) is 0 Å². The fourth-order valence-electron chi connectivity index (χ4n) is 3.12. The molecule has 0 aromatic rings. The number of amides is 3. The summed E-state index contributed by atoms with van der Waals surface area (Å²) in [6.07, 6.45) is 0.547. The molecule has 2 aliphatic rings. The van der Waals surface area contributed by atoms with Crippen LogP contribution in [0.3, 0.4) is 0 Å². The Morgan fingerprint density at radius 2 is 1.70 bits per heavy atom. The van der Waals surface area contributed by atoms with E-state index in [-0.39, 0.29) is 32.6 Å². The van der Waals surface area contributed by atoms with E-state index in [1.165, 1.54) is 13.8 Å². The van der Waals surface area contributed by atoms with E-state index in [4.69, 9.17) is 23.7 Å². The number of piperidine rings is 1. The largest absolute Gasteiger partial charge is 0.465 e. The first kappa shape index (κ1) is 23.8. The number of rotatable bonds is 10. The molecule has 0 spiro atoms. The van der Waals surface area contributed by atoms with E-state index in [1.807, 2.05) is 0 Å². The van der Waals surface area contributed by atoms with Crippen molar-refractivity contribution in [1.29, 1.82) is 0 Å². The zero-order chi connectivity index (χ0) is 22.7. The van der Waals surface area contributed by atoms with E-state index >= 15 is 0 Å². The Kier molecular flexibility index (Phi) is 7.26. The summed E-state index contributed by atoms with van der Waals surface area (Å²) >= 11 is 0. The maximum Gasteiger partial charge on any atom is 0.421 e. The van der Waals surface area contributed by atoms with Crippen molar-refractivity contribution in [2.45, 2.75) is 45.7 Å². The van der Waals surface area contributed by atoms with Gasteiger partial charge in [-0.2, -0.15) is 13.5 Å². The number of carbonyl (C=O) groups is 4. The van der Waals surface area contributed by atoms with Crippen molar-refractivity contribution >= 4 is 34.3 Å². The second-order valence-electron chi connectivity index (χ2n) is 6.93. The predicted molar refractivity (Wildman–Crippen MR) is 97.3 cm³/mol. The van der Waals surface area contributed by atoms with Crippen LogP contribution in [0.4, 0.5) is 4.79 Å². The van der Waals surface area contributed by atoms with Gasteiger partial charge in [0.1, 0.15) is 6.04 Å². The van der Waals surface area contributed by atoms with Gasteiger partial charge in [0.05, 0.1) is 25.9 Å². The highest BCUT2D eigenvalue weighted by atomic mass is 32.3. The van der Waals surface area contributed by atoms with Gasteiger partial charge in [0.15, 0.2) is 5.41 Å². The molecule has 14 heteroatoms. The highest BCUT2D eigenvalue weighted by molar-refractivity contribution is 7.81. The van der Waals surface area contributed by atoms with Crippen LogP contribution in [0.1, 0.15) is 33.6 Å². The minimum absolute atomic E-state index is 0.0576. The third-order valence-corrected chi connectivity index (χ3v) is 5.52. The number of urea groups is 1. The summed E-state index contributed by atoms with van der Waals surface area (Å²) in [5.74, 6) is -2.79. The second-order valence-corrected chi connectivity index (χ2v) is 8.13. The van der Waals surface area contributed by atoms with Crippen molar-refractivity contribution in [1.82, 2.24) is 9.96 Å². The molecular weight excluding hydrogens is 426 g/mol. The number of hydrogen-bond acceptors (Lipinski definition) is 10. The first-order valence-electron chi connectivity index (χ1n) is 9.29. The Morgan fingerprint density at radius 1 is 1.13 bits per heavy atom. The lowest BCUT2D eigenvalue weighted by atomic mass is 9.92. The lowest BCUT2D eigenvalue weighted by Gasteiger charge is -2.27. The van der Waals surface area contributed by atoms with Crippen molar-refractivity contribution in [2.75, 3.05) is 26.4 Å². The number of nitrogens with two attached hydrogens (primary N) is 1. The van der Waals surface area contributed by atoms with Gasteiger partial charge in [-0.25, -0.2) is 8.98 Å². The van der Waals surface area contributed by atoms with Gasteiger partial charge < -0.3 is 20.1 Å². The van der Waals surface area contributed by atoms with Crippen LogP contribution in [0.5, 0.6) is 0 Å². The molecule has 30 heavy (non-hydrogen) atoms. The van der Waals surface area contributed by atoms with E-state index in [0.717, 1.165) is 11.8 Å². The first-order valence-corrected chi connectivity index (χ1v) is 10.6. The van der Waals surface area contributed by atoms with E-state index in [2.05, 4.69) is 0 Å². The second kappa shape index (κ2) is 9.14. The van der Waals surface area contributed by atoms with E-state index in [9.17, 15) is 27.6 Å². The van der Waals surface area contributed by atoms with Gasteiger partial charge >= 0.3 is 28.4 Å². The molecule has 2 heterocycles. The molecule has 0 aromatic heterocycles. The zero-order valence-electron chi connectivity index (χ0n) is 16.9. The van der Waals surface area contributed by atoms with Crippen LogP contribution in [-0.4, -0.2) is 80.7 Å². The molecule has 0 unspecified atom stereocenters. The Morgan fingerprint density at radius 3 is 2.20 bits per heavy atom. The van der Waals surface area contributed by atoms with Crippen molar-refractivity contribution in [3.05, 3.63) is 0 Å². The van der Waals surface area contributed by atoms with Gasteiger partial charge in [-0.05, 0) is 33.6 Å². The van der Waals surface area contributed by atoms with Crippen LogP contribution < -0.4 is 5.73 Å². The predicted octanol–water partition coefficient (Wildman–Crippen LogP) is -0.934. The van der Waals surface area contributed by atoms with Crippen LogP contribution in [0.15, 0.2) is 0 Å². The maximum atomic E-state index is 12.4. The van der Waals surface area contributed by atoms with Gasteiger partial charge in [-0.3, -0.25) is 14.4 Å². The number of carbonyl (C=O) groups excluding carboxylic acids is 4. The van der Waals surface area contributed by atoms with Crippen molar-refractivity contribution < 1.29 is 45.5 Å². The highest BCUT2D eigenvalue weighted by Crippen LogP contribution is 2.31. The normalized spacial score (nSPS) is 21.5. The molecule has 2 atom stereocenters. The van der Waals surface area contributed by atoms with Gasteiger partial charge in [0.25, 0.3) is 0 Å². The molecule has 2 saturated heterocycles. The molecule has 0 saturated carbocycles. The highest BCUT2D eigenvalue weighted by Gasteiger charge is 2.50. The molecule has 0 aromatic carbocycles.